The maximum Gasteiger partial charge on any atom is 0.414 e. The van der Waals surface area contributed by atoms with Crippen molar-refractivity contribution < 1.29 is 23.6 Å². The Labute approximate surface area is 132 Å². The molecule has 23 heavy (non-hydrogen) atoms. The Bertz CT molecular complexity index is 650. The van der Waals surface area contributed by atoms with E-state index < -0.39 is 18.0 Å². The Morgan fingerprint density at radius 2 is 2.35 bits per heavy atom. The van der Waals surface area contributed by atoms with Crippen LogP contribution in [0.3, 0.4) is 0 Å². The molecular weight excluding hydrogens is 307 g/mol. The lowest BCUT2D eigenvalue weighted by molar-refractivity contribution is -0.119. The molecule has 2 amide bonds. The topological polar surface area (TPSA) is 106 Å². The first-order valence-corrected chi connectivity index (χ1v) is 6.81. The van der Waals surface area contributed by atoms with Crippen LogP contribution in [0, 0.1) is 5.82 Å². The van der Waals surface area contributed by atoms with E-state index in [0.717, 1.165) is 6.07 Å². The molecule has 9 heteroatoms. The predicted molar refractivity (Wildman–Crippen MR) is 80.4 cm³/mol. The minimum atomic E-state index is -0.640. The maximum atomic E-state index is 14.1. The van der Waals surface area contributed by atoms with Gasteiger partial charge in [0.15, 0.2) is 5.84 Å². The molecule has 0 aromatic heterocycles. The van der Waals surface area contributed by atoms with Crippen molar-refractivity contribution in [2.45, 2.75) is 13.0 Å². The summed E-state index contributed by atoms with van der Waals surface area (Å²) in [6.45, 7) is 1.78. The summed E-state index contributed by atoms with van der Waals surface area (Å²) in [5, 5.41) is 6.03. The van der Waals surface area contributed by atoms with E-state index in [1.807, 2.05) is 0 Å². The second kappa shape index (κ2) is 6.95. The van der Waals surface area contributed by atoms with Crippen LogP contribution in [-0.4, -0.2) is 44.1 Å². The molecule has 124 valence electrons. The van der Waals surface area contributed by atoms with Crippen molar-refractivity contribution in [1.82, 2.24) is 5.32 Å². The molecule has 8 nitrogen and oxygen atoms in total. The van der Waals surface area contributed by atoms with Gasteiger partial charge in [-0.15, -0.1) is 0 Å². The lowest BCUT2D eigenvalue weighted by Gasteiger charge is -2.14. The highest BCUT2D eigenvalue weighted by Gasteiger charge is 2.32. The number of oxime groups is 1. The number of hydrogen-bond acceptors (Lipinski definition) is 5. The van der Waals surface area contributed by atoms with E-state index in [1.165, 1.54) is 31.1 Å². The molecule has 0 bridgehead atoms. The summed E-state index contributed by atoms with van der Waals surface area (Å²) >= 11 is 0. The minimum absolute atomic E-state index is 0.0676. The number of rotatable bonds is 5. The molecule has 1 aromatic rings. The number of nitrogens with zero attached hydrogens (tertiary/aromatic N) is 2. The van der Waals surface area contributed by atoms with Gasteiger partial charge in [-0.25, -0.2) is 9.18 Å². The second-order valence-corrected chi connectivity index (χ2v) is 4.88. The molecular formula is C14H17FN4O4. The molecule has 1 aliphatic rings. The lowest BCUT2D eigenvalue weighted by atomic mass is 10.1. The van der Waals surface area contributed by atoms with Gasteiger partial charge in [-0.2, -0.15) is 0 Å². The van der Waals surface area contributed by atoms with Gasteiger partial charge in [-0.3, -0.25) is 9.69 Å². The van der Waals surface area contributed by atoms with Gasteiger partial charge in [0.05, 0.1) is 24.3 Å². The monoisotopic (exact) mass is 324 g/mol. The second-order valence-electron chi connectivity index (χ2n) is 4.88. The number of nitrogens with two attached hydrogens (primary N) is 1. The van der Waals surface area contributed by atoms with E-state index in [1.54, 1.807) is 0 Å². The number of amidine groups is 1. The number of halogens is 1. The van der Waals surface area contributed by atoms with E-state index in [2.05, 4.69) is 15.3 Å². The van der Waals surface area contributed by atoms with Crippen LogP contribution in [0.25, 0.3) is 0 Å². The number of carbonyl (C=O) groups excluding carboxylic acids is 2. The molecule has 1 saturated heterocycles. The van der Waals surface area contributed by atoms with Gasteiger partial charge >= 0.3 is 6.09 Å². The molecule has 2 rings (SSSR count). The van der Waals surface area contributed by atoms with Crippen molar-refractivity contribution in [3.8, 4) is 0 Å². The maximum absolute atomic E-state index is 14.1. The van der Waals surface area contributed by atoms with Crippen molar-refractivity contribution in [1.29, 1.82) is 0 Å². The van der Waals surface area contributed by atoms with Crippen molar-refractivity contribution >= 4 is 23.5 Å². The fourth-order valence-corrected chi connectivity index (χ4v) is 2.12. The summed E-state index contributed by atoms with van der Waals surface area (Å²) in [4.78, 5) is 28.5. The molecule has 0 spiro atoms. The molecule has 0 saturated carbocycles. The quantitative estimate of drug-likeness (QED) is 0.467. The van der Waals surface area contributed by atoms with Crippen LogP contribution >= 0.6 is 0 Å². The Kier molecular flexibility index (Phi) is 4.99. The fraction of sp³-hybridized carbons (Fsp3) is 0.357. The third-order valence-corrected chi connectivity index (χ3v) is 3.18. The van der Waals surface area contributed by atoms with E-state index in [-0.39, 0.29) is 30.4 Å². The Hall–Kier alpha value is -2.84. The number of hydrogen-bond donors (Lipinski definition) is 2. The van der Waals surface area contributed by atoms with Gasteiger partial charge in [-0.1, -0.05) is 5.16 Å². The molecule has 1 atom stereocenters. The van der Waals surface area contributed by atoms with Gasteiger partial charge in [0.2, 0.25) is 5.91 Å². The molecule has 1 aromatic carbocycles. The van der Waals surface area contributed by atoms with Crippen LogP contribution in [-0.2, 0) is 14.4 Å². The number of anilines is 1. The van der Waals surface area contributed by atoms with Crippen molar-refractivity contribution in [3.05, 3.63) is 29.6 Å². The average molecular weight is 324 g/mol. The molecule has 3 N–H and O–H groups in total. The number of nitrogens with one attached hydrogen (secondary N) is 1. The van der Waals surface area contributed by atoms with E-state index in [0.29, 0.717) is 5.69 Å². The minimum Gasteiger partial charge on any atom is -0.442 e. The number of ether oxygens (including phenoxy) is 1. The standard InChI is InChI=1S/C14H17FN4O4/c1-8(20)17-6-10-7-19(14(21)23-10)9-3-4-11(12(15)5-9)13(16)18-22-2/h3-5,10H,6-7H2,1-2H3,(H2,16,18)(H,17,20). The van der Waals surface area contributed by atoms with Crippen LogP contribution in [0.4, 0.5) is 14.9 Å². The molecule has 0 radical (unpaired) electrons. The van der Waals surface area contributed by atoms with Crippen LogP contribution in [0.1, 0.15) is 12.5 Å². The third kappa shape index (κ3) is 3.87. The van der Waals surface area contributed by atoms with Gasteiger partial charge in [0.1, 0.15) is 19.0 Å². The van der Waals surface area contributed by atoms with E-state index in [4.69, 9.17) is 10.5 Å². The van der Waals surface area contributed by atoms with Crippen LogP contribution < -0.4 is 16.0 Å². The summed E-state index contributed by atoms with van der Waals surface area (Å²) in [7, 11) is 1.30. The molecule has 1 fully saturated rings. The first-order valence-electron chi connectivity index (χ1n) is 6.81. The zero-order valence-corrected chi connectivity index (χ0v) is 12.7. The first kappa shape index (κ1) is 16.5. The van der Waals surface area contributed by atoms with Gasteiger partial charge in [-0.05, 0) is 18.2 Å². The lowest BCUT2D eigenvalue weighted by Crippen LogP contribution is -2.33. The predicted octanol–water partition coefficient (Wildman–Crippen LogP) is 0.554. The summed E-state index contributed by atoms with van der Waals surface area (Å²) in [6.07, 6.45) is -1.10. The highest BCUT2D eigenvalue weighted by atomic mass is 19.1. The summed E-state index contributed by atoms with van der Waals surface area (Å²) in [6, 6.07) is 4.09. The molecule has 1 unspecified atom stereocenters. The largest absolute Gasteiger partial charge is 0.442 e. The van der Waals surface area contributed by atoms with Crippen LogP contribution in [0.15, 0.2) is 23.4 Å². The van der Waals surface area contributed by atoms with Crippen molar-refractivity contribution in [3.63, 3.8) is 0 Å². The van der Waals surface area contributed by atoms with Crippen molar-refractivity contribution in [2.24, 2.45) is 10.9 Å². The third-order valence-electron chi connectivity index (χ3n) is 3.18. The fourth-order valence-electron chi connectivity index (χ4n) is 2.12. The Morgan fingerprint density at radius 1 is 1.61 bits per heavy atom. The summed E-state index contributed by atoms with van der Waals surface area (Å²) < 4.78 is 19.2. The number of cyclic esters (lactones) is 1. The first-order chi connectivity index (χ1) is 10.9. The molecule has 1 heterocycles. The normalized spacial score (nSPS) is 17.9. The highest BCUT2D eigenvalue weighted by Crippen LogP contribution is 2.23. The number of benzene rings is 1. The van der Waals surface area contributed by atoms with E-state index >= 15 is 0 Å². The Balaban J connectivity index is 2.13. The Morgan fingerprint density at radius 3 is 2.96 bits per heavy atom. The van der Waals surface area contributed by atoms with E-state index in [9.17, 15) is 14.0 Å². The zero-order valence-electron chi connectivity index (χ0n) is 12.7. The van der Waals surface area contributed by atoms with Gasteiger partial charge in [0.25, 0.3) is 0 Å². The molecule has 0 aliphatic carbocycles. The zero-order chi connectivity index (χ0) is 17.0. The van der Waals surface area contributed by atoms with Gasteiger partial charge < -0.3 is 20.6 Å². The van der Waals surface area contributed by atoms with Crippen molar-refractivity contribution in [2.75, 3.05) is 25.1 Å². The number of amides is 2. The molecule has 1 aliphatic heterocycles. The van der Waals surface area contributed by atoms with Crippen LogP contribution in [0.5, 0.6) is 0 Å². The summed E-state index contributed by atoms with van der Waals surface area (Å²) in [5.41, 5.74) is 5.96. The van der Waals surface area contributed by atoms with Gasteiger partial charge in [0, 0.05) is 6.92 Å². The summed E-state index contributed by atoms with van der Waals surface area (Å²) in [5.74, 6) is -0.967. The SMILES string of the molecule is CO/N=C(/N)c1ccc(N2CC(CNC(C)=O)OC2=O)cc1F. The van der Waals surface area contributed by atoms with Crippen LogP contribution in [0.2, 0.25) is 0 Å². The smallest absolute Gasteiger partial charge is 0.414 e. The highest BCUT2D eigenvalue weighted by molar-refractivity contribution is 5.98. The number of carbonyl (C=O) groups is 2. The average Bonchev–Trinajstić information content (AvgIpc) is 2.86.